The van der Waals surface area contributed by atoms with Crippen LogP contribution in [0.25, 0.3) is 22.3 Å². The molecule has 182 valence electrons. The lowest BCUT2D eigenvalue weighted by atomic mass is 10.1. The van der Waals surface area contributed by atoms with E-state index in [4.69, 9.17) is 0 Å². The van der Waals surface area contributed by atoms with Crippen molar-refractivity contribution in [2.75, 3.05) is 5.32 Å². The first kappa shape index (κ1) is 24.0. The van der Waals surface area contributed by atoms with Gasteiger partial charge in [-0.15, -0.1) is 29.6 Å². The Hall–Kier alpha value is -4.14. The second-order valence-electron chi connectivity index (χ2n) is 7.23. The number of nitrogens with zero attached hydrogens (tertiary/aromatic N) is 5. The smallest absolute Gasteiger partial charge is 0.403 e. The van der Waals surface area contributed by atoms with Crippen molar-refractivity contribution in [3.05, 3.63) is 62.0 Å². The Labute approximate surface area is 196 Å². The molecule has 0 aliphatic carbocycles. The number of aromatic nitrogens is 5. The lowest BCUT2D eigenvalue weighted by molar-refractivity contribution is -0.275. The molecule has 0 aliphatic rings. The first-order chi connectivity index (χ1) is 16.4. The molecule has 0 saturated heterocycles. The topological polar surface area (TPSA) is 121 Å². The van der Waals surface area contributed by atoms with Crippen molar-refractivity contribution in [1.82, 2.24) is 24.3 Å². The molecule has 15 heteroatoms. The van der Waals surface area contributed by atoms with E-state index in [0.29, 0.717) is 0 Å². The van der Waals surface area contributed by atoms with Gasteiger partial charge in [-0.2, -0.15) is 5.10 Å². The number of carbonyl (C=O) groups is 1. The highest BCUT2D eigenvalue weighted by Crippen LogP contribution is 2.32. The molecule has 4 rings (SSSR count). The van der Waals surface area contributed by atoms with Crippen LogP contribution in [0.3, 0.4) is 0 Å². The number of benzene rings is 1. The molecule has 0 aliphatic heterocycles. The zero-order valence-corrected chi connectivity index (χ0v) is 18.7. The van der Waals surface area contributed by atoms with Gasteiger partial charge >= 0.3 is 12.1 Å². The number of alkyl halides is 3. The Morgan fingerprint density at radius 1 is 1.20 bits per heavy atom. The van der Waals surface area contributed by atoms with Gasteiger partial charge in [0.25, 0.3) is 5.56 Å². The average Bonchev–Trinajstić information content (AvgIpc) is 3.25. The summed E-state index contributed by atoms with van der Waals surface area (Å²) in [7, 11) is 2.71. The van der Waals surface area contributed by atoms with Gasteiger partial charge < -0.3 is 10.1 Å². The number of carbonyl (C=O) groups excluding carboxylic acids is 1. The summed E-state index contributed by atoms with van der Waals surface area (Å²) in [6.45, 7) is 0. The summed E-state index contributed by atoms with van der Waals surface area (Å²) in [5, 5.41) is 11.7. The van der Waals surface area contributed by atoms with Crippen molar-refractivity contribution < 1.29 is 27.1 Å². The summed E-state index contributed by atoms with van der Waals surface area (Å²) in [4.78, 5) is 41.4. The molecule has 1 N–H and O–H groups in total. The summed E-state index contributed by atoms with van der Waals surface area (Å²) < 4.78 is 56.8. The minimum atomic E-state index is -5.07. The summed E-state index contributed by atoms with van der Waals surface area (Å²) in [5.41, 5.74) is -0.668. The number of amides is 1. The third-order valence-corrected chi connectivity index (χ3v) is 5.63. The van der Waals surface area contributed by atoms with Crippen molar-refractivity contribution in [1.29, 1.82) is 0 Å². The van der Waals surface area contributed by atoms with Crippen molar-refractivity contribution in [3.8, 4) is 17.0 Å². The van der Waals surface area contributed by atoms with Crippen molar-refractivity contribution in [3.63, 3.8) is 0 Å². The van der Waals surface area contributed by atoms with Gasteiger partial charge in [0.05, 0.1) is 23.7 Å². The van der Waals surface area contributed by atoms with E-state index < -0.39 is 35.1 Å². The number of hydrogen-bond acceptors (Lipinski definition) is 8. The fourth-order valence-electron chi connectivity index (χ4n) is 3.25. The van der Waals surface area contributed by atoms with Crippen LogP contribution in [0.4, 0.5) is 22.7 Å². The third kappa shape index (κ3) is 4.89. The number of fused-ring (bicyclic) bond motifs is 1. The van der Waals surface area contributed by atoms with E-state index in [-0.39, 0.29) is 39.4 Å². The van der Waals surface area contributed by atoms with E-state index in [9.17, 15) is 31.9 Å². The van der Waals surface area contributed by atoms with Crippen LogP contribution in [-0.2, 0) is 25.3 Å². The van der Waals surface area contributed by atoms with Gasteiger partial charge in [0.15, 0.2) is 22.3 Å². The monoisotopic (exact) mass is 510 g/mol. The number of halogens is 4. The van der Waals surface area contributed by atoms with Gasteiger partial charge in [-0.25, -0.2) is 14.2 Å². The molecule has 0 radical (unpaired) electrons. The van der Waals surface area contributed by atoms with E-state index >= 15 is 0 Å². The van der Waals surface area contributed by atoms with Crippen LogP contribution < -0.4 is 21.3 Å². The molecule has 1 aromatic carbocycles. The van der Waals surface area contributed by atoms with Gasteiger partial charge in [-0.1, -0.05) is 0 Å². The van der Waals surface area contributed by atoms with Crippen LogP contribution in [-0.4, -0.2) is 36.6 Å². The summed E-state index contributed by atoms with van der Waals surface area (Å²) >= 11 is 0.981. The fraction of sp³-hybridized carbons (Fsp3) is 0.200. The average molecular weight is 510 g/mol. The zero-order chi connectivity index (χ0) is 25.5. The summed E-state index contributed by atoms with van der Waals surface area (Å²) in [5.74, 6) is -2.78. The SMILES string of the molecule is Cn1c(=O)c2c(CC(=O)Nc3nc(-c4ccc(F)c(OC(F)(F)F)c4)cs3)cnnc2n(C)c1=O. The van der Waals surface area contributed by atoms with Gasteiger partial charge in [-0.05, 0) is 23.8 Å². The van der Waals surface area contributed by atoms with Crippen LogP contribution in [0.5, 0.6) is 5.75 Å². The van der Waals surface area contributed by atoms with Crippen LogP contribution in [0, 0.1) is 5.82 Å². The minimum Gasteiger partial charge on any atom is -0.403 e. The number of rotatable bonds is 5. The number of ether oxygens (including phenoxy) is 1. The molecule has 3 aromatic heterocycles. The Morgan fingerprint density at radius 2 is 1.94 bits per heavy atom. The molecule has 3 heterocycles. The van der Waals surface area contributed by atoms with E-state index in [1.165, 1.54) is 31.7 Å². The largest absolute Gasteiger partial charge is 0.573 e. The van der Waals surface area contributed by atoms with Gasteiger partial charge in [0, 0.05) is 25.0 Å². The quantitative estimate of drug-likeness (QED) is 0.409. The Kier molecular flexibility index (Phi) is 6.10. The Bertz CT molecular complexity index is 1580. The van der Waals surface area contributed by atoms with Crippen LogP contribution in [0.2, 0.25) is 0 Å². The molecule has 0 fully saturated rings. The lowest BCUT2D eigenvalue weighted by Gasteiger charge is -2.10. The predicted molar refractivity (Wildman–Crippen MR) is 117 cm³/mol. The first-order valence-electron chi connectivity index (χ1n) is 9.66. The van der Waals surface area contributed by atoms with Crippen LogP contribution in [0.1, 0.15) is 5.56 Å². The molecule has 4 aromatic rings. The van der Waals surface area contributed by atoms with E-state index in [2.05, 4.69) is 25.2 Å². The van der Waals surface area contributed by atoms with E-state index in [0.717, 1.165) is 32.6 Å². The highest BCUT2D eigenvalue weighted by molar-refractivity contribution is 7.14. The van der Waals surface area contributed by atoms with Crippen LogP contribution >= 0.6 is 11.3 Å². The summed E-state index contributed by atoms with van der Waals surface area (Å²) in [6.07, 6.45) is -4.13. The molecule has 0 atom stereocenters. The van der Waals surface area contributed by atoms with Gasteiger partial charge in [-0.3, -0.25) is 18.7 Å². The number of hydrogen-bond donors (Lipinski definition) is 1. The maximum Gasteiger partial charge on any atom is 0.573 e. The summed E-state index contributed by atoms with van der Waals surface area (Å²) in [6, 6.07) is 2.87. The molecule has 0 saturated carbocycles. The molecule has 10 nitrogen and oxygen atoms in total. The molecule has 0 unspecified atom stereocenters. The number of nitrogens with one attached hydrogen (secondary N) is 1. The van der Waals surface area contributed by atoms with E-state index in [1.54, 1.807) is 0 Å². The van der Waals surface area contributed by atoms with Gasteiger partial charge in [0.2, 0.25) is 5.91 Å². The number of thiazole rings is 1. The molecular formula is C20H14F4N6O4S. The fourth-order valence-corrected chi connectivity index (χ4v) is 3.99. The normalized spacial score (nSPS) is 11.6. The van der Waals surface area contributed by atoms with E-state index in [1.807, 2.05) is 0 Å². The molecule has 0 bridgehead atoms. The molecule has 35 heavy (non-hydrogen) atoms. The number of aryl methyl sites for hydroxylation is 1. The van der Waals surface area contributed by atoms with Crippen molar-refractivity contribution in [2.45, 2.75) is 12.8 Å². The Balaban J connectivity index is 1.56. The molecule has 1 amide bonds. The predicted octanol–water partition coefficient (Wildman–Crippen LogP) is 2.37. The molecular weight excluding hydrogens is 496 g/mol. The highest BCUT2D eigenvalue weighted by Gasteiger charge is 2.32. The first-order valence-corrected chi connectivity index (χ1v) is 10.5. The van der Waals surface area contributed by atoms with Crippen LogP contribution in [0.15, 0.2) is 39.4 Å². The maximum absolute atomic E-state index is 13.7. The number of anilines is 1. The minimum absolute atomic E-state index is 0.0214. The lowest BCUT2D eigenvalue weighted by Crippen LogP contribution is -2.38. The second-order valence-corrected chi connectivity index (χ2v) is 8.09. The molecule has 0 spiro atoms. The highest BCUT2D eigenvalue weighted by atomic mass is 32.1. The third-order valence-electron chi connectivity index (χ3n) is 4.88. The zero-order valence-electron chi connectivity index (χ0n) is 17.9. The van der Waals surface area contributed by atoms with Crippen molar-refractivity contribution in [2.24, 2.45) is 14.1 Å². The maximum atomic E-state index is 13.7. The standard InChI is InChI=1S/C20H14F4N6O4S/c1-29-16-15(17(32)30(2)19(29)33)10(7-25-28-16)6-14(31)27-18-26-12(8-35-18)9-3-4-11(21)13(5-9)34-20(22,23)24/h3-5,7-8H,6H2,1-2H3,(H,26,27,31). The second kappa shape index (κ2) is 8.90. The Morgan fingerprint density at radius 3 is 2.66 bits per heavy atom. The van der Waals surface area contributed by atoms with Crippen molar-refractivity contribution >= 4 is 33.4 Å². The van der Waals surface area contributed by atoms with Gasteiger partial charge in [0.1, 0.15) is 0 Å².